The maximum Gasteiger partial charge on any atom is 0.255 e. The summed E-state index contributed by atoms with van der Waals surface area (Å²) in [4.78, 5) is 15.0. The summed E-state index contributed by atoms with van der Waals surface area (Å²) in [5.74, 6) is 0.521. The maximum atomic E-state index is 12.9. The highest BCUT2D eigenvalue weighted by Gasteiger charge is 2.22. The summed E-state index contributed by atoms with van der Waals surface area (Å²) in [6.45, 7) is 4.23. The Labute approximate surface area is 198 Å². The molecule has 1 saturated heterocycles. The molecule has 2 aromatic carbocycles. The minimum absolute atomic E-state index is 0.0836. The number of nitrogens with zero attached hydrogens (tertiary/aromatic N) is 1. The molecule has 180 valence electrons. The molecule has 1 aliphatic rings. The van der Waals surface area contributed by atoms with Gasteiger partial charge in [-0.15, -0.1) is 0 Å². The maximum absolute atomic E-state index is 12.9. The SMILES string of the molecule is COc1cc(N)c(Cl)cc1C(=O)NCC1CN(CCCCCOc2ccc(F)cc2)CCO1. The van der Waals surface area contributed by atoms with E-state index in [4.69, 9.17) is 31.5 Å². The van der Waals surface area contributed by atoms with Crippen molar-refractivity contribution < 1.29 is 23.4 Å². The molecule has 0 spiro atoms. The number of carbonyl (C=O) groups is 1. The first-order valence-electron chi connectivity index (χ1n) is 11.1. The van der Waals surface area contributed by atoms with E-state index in [9.17, 15) is 9.18 Å². The Bertz CT molecular complexity index is 913. The summed E-state index contributed by atoms with van der Waals surface area (Å²) in [6, 6.07) is 9.13. The quantitative estimate of drug-likeness (QED) is 0.377. The van der Waals surface area contributed by atoms with Crippen LogP contribution in [0.2, 0.25) is 5.02 Å². The number of unbranched alkanes of at least 4 members (excludes halogenated alkanes) is 2. The Morgan fingerprint density at radius 2 is 2.06 bits per heavy atom. The average molecular weight is 480 g/mol. The number of halogens is 2. The van der Waals surface area contributed by atoms with Crippen LogP contribution in [0.3, 0.4) is 0 Å². The molecule has 0 radical (unpaired) electrons. The van der Waals surface area contributed by atoms with E-state index < -0.39 is 0 Å². The number of anilines is 1. The first-order valence-corrected chi connectivity index (χ1v) is 11.5. The van der Waals surface area contributed by atoms with Gasteiger partial charge in [-0.05, 0) is 56.1 Å². The normalized spacial score (nSPS) is 16.4. The number of amides is 1. The molecule has 33 heavy (non-hydrogen) atoms. The van der Waals surface area contributed by atoms with E-state index in [0.717, 1.165) is 38.9 Å². The number of morpholine rings is 1. The molecule has 7 nitrogen and oxygen atoms in total. The summed E-state index contributed by atoms with van der Waals surface area (Å²) in [7, 11) is 1.48. The van der Waals surface area contributed by atoms with Gasteiger partial charge in [-0.1, -0.05) is 11.6 Å². The number of hydrogen-bond acceptors (Lipinski definition) is 6. The fourth-order valence-corrected chi connectivity index (χ4v) is 3.82. The average Bonchev–Trinajstić information content (AvgIpc) is 2.82. The number of rotatable bonds is 11. The molecule has 9 heteroatoms. The summed E-state index contributed by atoms with van der Waals surface area (Å²) in [5.41, 5.74) is 6.48. The number of nitrogen functional groups attached to an aromatic ring is 1. The van der Waals surface area contributed by atoms with Crippen LogP contribution in [0.4, 0.5) is 10.1 Å². The summed E-state index contributed by atoms with van der Waals surface area (Å²) in [6.07, 6.45) is 2.94. The van der Waals surface area contributed by atoms with Gasteiger partial charge in [0.2, 0.25) is 0 Å². The van der Waals surface area contributed by atoms with Gasteiger partial charge in [-0.2, -0.15) is 0 Å². The second-order valence-corrected chi connectivity index (χ2v) is 8.35. The largest absolute Gasteiger partial charge is 0.496 e. The molecule has 2 aromatic rings. The van der Waals surface area contributed by atoms with Gasteiger partial charge in [-0.25, -0.2) is 4.39 Å². The van der Waals surface area contributed by atoms with Gasteiger partial charge in [0.1, 0.15) is 17.3 Å². The highest BCUT2D eigenvalue weighted by Crippen LogP contribution is 2.28. The third-order valence-corrected chi connectivity index (χ3v) is 5.80. The molecular weight excluding hydrogens is 449 g/mol. The van der Waals surface area contributed by atoms with E-state index in [1.165, 1.54) is 25.3 Å². The standard InChI is InChI=1S/C24H31ClFN3O4/c1-31-23-14-22(27)21(25)13-20(23)24(30)28-15-19-16-29(10-12-33-19)9-3-2-4-11-32-18-7-5-17(26)6-8-18/h5-8,13-14,19H,2-4,9-12,15-16,27H2,1H3,(H,28,30). The van der Waals surface area contributed by atoms with E-state index in [-0.39, 0.29) is 17.8 Å². The molecule has 0 saturated carbocycles. The zero-order valence-electron chi connectivity index (χ0n) is 18.8. The Morgan fingerprint density at radius 3 is 2.82 bits per heavy atom. The second-order valence-electron chi connectivity index (χ2n) is 7.94. The molecule has 0 bridgehead atoms. The zero-order valence-corrected chi connectivity index (χ0v) is 19.6. The molecule has 1 atom stereocenters. The predicted molar refractivity (Wildman–Crippen MR) is 127 cm³/mol. The van der Waals surface area contributed by atoms with Crippen LogP contribution in [0.25, 0.3) is 0 Å². The number of nitrogens with two attached hydrogens (primary N) is 1. The van der Waals surface area contributed by atoms with Gasteiger partial charge >= 0.3 is 0 Å². The first kappa shape index (κ1) is 25.1. The molecule has 1 fully saturated rings. The number of benzene rings is 2. The molecule has 3 N–H and O–H groups in total. The molecule has 1 heterocycles. The van der Waals surface area contributed by atoms with Gasteiger partial charge < -0.3 is 25.3 Å². The van der Waals surface area contributed by atoms with Crippen molar-refractivity contribution in [3.8, 4) is 11.5 Å². The van der Waals surface area contributed by atoms with Crippen molar-refractivity contribution in [3.05, 3.63) is 52.8 Å². The molecule has 3 rings (SSSR count). The molecule has 0 aliphatic carbocycles. The Kier molecular flexibility index (Phi) is 9.60. The lowest BCUT2D eigenvalue weighted by Gasteiger charge is -2.33. The molecule has 1 aliphatic heterocycles. The number of hydrogen-bond donors (Lipinski definition) is 2. The summed E-state index contributed by atoms with van der Waals surface area (Å²) in [5, 5.41) is 3.21. The van der Waals surface area contributed by atoms with E-state index in [0.29, 0.717) is 47.5 Å². The van der Waals surface area contributed by atoms with Gasteiger partial charge in [0.05, 0.1) is 42.7 Å². The van der Waals surface area contributed by atoms with Crippen LogP contribution in [-0.4, -0.2) is 63.4 Å². The Balaban J connectivity index is 1.34. The van der Waals surface area contributed by atoms with Crippen LogP contribution in [0.15, 0.2) is 36.4 Å². The third-order valence-electron chi connectivity index (χ3n) is 5.48. The van der Waals surface area contributed by atoms with Gasteiger partial charge in [0.15, 0.2) is 0 Å². The van der Waals surface area contributed by atoms with Crippen LogP contribution >= 0.6 is 11.6 Å². The third kappa shape index (κ3) is 7.77. The van der Waals surface area contributed by atoms with Crippen molar-refractivity contribution in [2.24, 2.45) is 0 Å². The Hall–Kier alpha value is -2.55. The molecule has 1 amide bonds. The topological polar surface area (TPSA) is 86.0 Å². The summed E-state index contributed by atoms with van der Waals surface area (Å²) < 4.78 is 29.6. The van der Waals surface area contributed by atoms with E-state index in [2.05, 4.69) is 10.2 Å². The lowest BCUT2D eigenvalue weighted by Crippen LogP contribution is -2.47. The monoisotopic (exact) mass is 479 g/mol. The van der Waals surface area contributed by atoms with Gasteiger partial charge in [-0.3, -0.25) is 9.69 Å². The number of ether oxygens (including phenoxy) is 3. The van der Waals surface area contributed by atoms with Gasteiger partial charge in [0.25, 0.3) is 5.91 Å². The van der Waals surface area contributed by atoms with Crippen LogP contribution in [-0.2, 0) is 4.74 Å². The fraction of sp³-hybridized carbons (Fsp3) is 0.458. The van der Waals surface area contributed by atoms with Crippen LogP contribution in [0, 0.1) is 5.82 Å². The predicted octanol–water partition coefficient (Wildman–Crippen LogP) is 3.75. The summed E-state index contributed by atoms with van der Waals surface area (Å²) >= 11 is 6.06. The van der Waals surface area contributed by atoms with Crippen molar-refractivity contribution in [1.82, 2.24) is 10.2 Å². The minimum Gasteiger partial charge on any atom is -0.496 e. The molecule has 0 aromatic heterocycles. The number of methoxy groups -OCH3 is 1. The lowest BCUT2D eigenvalue weighted by molar-refractivity contribution is -0.0268. The number of carbonyl (C=O) groups excluding carboxylic acids is 1. The minimum atomic E-state index is -0.282. The van der Waals surface area contributed by atoms with Crippen LogP contribution in [0.1, 0.15) is 29.6 Å². The van der Waals surface area contributed by atoms with Crippen molar-refractivity contribution >= 4 is 23.2 Å². The van der Waals surface area contributed by atoms with E-state index >= 15 is 0 Å². The molecular formula is C24H31ClFN3O4. The van der Waals surface area contributed by atoms with Crippen molar-refractivity contribution in [1.29, 1.82) is 0 Å². The van der Waals surface area contributed by atoms with Crippen LogP contribution < -0.4 is 20.5 Å². The Morgan fingerprint density at radius 1 is 1.27 bits per heavy atom. The number of nitrogens with one attached hydrogen (secondary N) is 1. The van der Waals surface area contributed by atoms with Crippen LogP contribution in [0.5, 0.6) is 11.5 Å². The molecule has 1 unspecified atom stereocenters. The highest BCUT2D eigenvalue weighted by molar-refractivity contribution is 6.33. The second kappa shape index (κ2) is 12.6. The highest BCUT2D eigenvalue weighted by atomic mass is 35.5. The van der Waals surface area contributed by atoms with Crippen molar-refractivity contribution in [2.75, 3.05) is 52.2 Å². The van der Waals surface area contributed by atoms with Crippen molar-refractivity contribution in [3.63, 3.8) is 0 Å². The van der Waals surface area contributed by atoms with E-state index in [1.54, 1.807) is 18.2 Å². The smallest absolute Gasteiger partial charge is 0.255 e. The lowest BCUT2D eigenvalue weighted by atomic mass is 10.1. The first-order chi connectivity index (χ1) is 16.0. The zero-order chi connectivity index (χ0) is 23.6. The van der Waals surface area contributed by atoms with E-state index in [1.807, 2.05) is 0 Å². The fourth-order valence-electron chi connectivity index (χ4n) is 3.66. The van der Waals surface area contributed by atoms with Gasteiger partial charge in [0, 0.05) is 25.7 Å². The van der Waals surface area contributed by atoms with Crippen molar-refractivity contribution in [2.45, 2.75) is 25.4 Å².